The maximum atomic E-state index is 5.36. The number of ether oxygens (including phenoxy) is 2. The number of piperidine rings is 1. The van der Waals surface area contributed by atoms with E-state index in [0.717, 1.165) is 18.0 Å². The number of benzene rings is 1. The molecule has 0 amide bonds. The summed E-state index contributed by atoms with van der Waals surface area (Å²) in [5.41, 5.74) is 1.84. The fourth-order valence-electron chi connectivity index (χ4n) is 3.74. The number of hydrogen-bond acceptors (Lipinski definition) is 4. The van der Waals surface area contributed by atoms with Gasteiger partial charge in [-0.1, -0.05) is 0 Å². The van der Waals surface area contributed by atoms with Crippen LogP contribution in [-0.2, 0) is 6.54 Å². The van der Waals surface area contributed by atoms with E-state index in [9.17, 15) is 0 Å². The van der Waals surface area contributed by atoms with Crippen LogP contribution in [-0.4, -0.2) is 45.3 Å². The minimum Gasteiger partial charge on any atom is -0.497 e. The first kappa shape index (κ1) is 14.7. The third-order valence-corrected chi connectivity index (χ3v) is 5.00. The van der Waals surface area contributed by atoms with Gasteiger partial charge in [0, 0.05) is 19.2 Å². The highest BCUT2D eigenvalue weighted by Gasteiger charge is 2.38. The van der Waals surface area contributed by atoms with Crippen molar-refractivity contribution in [1.29, 1.82) is 0 Å². The van der Waals surface area contributed by atoms with Gasteiger partial charge >= 0.3 is 0 Å². The van der Waals surface area contributed by atoms with Gasteiger partial charge in [0.2, 0.25) is 0 Å². The number of nitrogens with zero attached hydrogens (tertiary/aromatic N) is 1. The molecule has 0 aliphatic carbocycles. The van der Waals surface area contributed by atoms with E-state index in [1.165, 1.54) is 51.0 Å². The third kappa shape index (κ3) is 3.33. The summed E-state index contributed by atoms with van der Waals surface area (Å²) in [7, 11) is 3.41. The van der Waals surface area contributed by atoms with Crippen LogP contribution in [0.15, 0.2) is 18.2 Å². The Labute approximate surface area is 127 Å². The molecule has 2 aliphatic rings. The molecule has 2 saturated heterocycles. The molecule has 0 bridgehead atoms. The lowest BCUT2D eigenvalue weighted by Gasteiger charge is -2.34. The molecule has 21 heavy (non-hydrogen) atoms. The minimum absolute atomic E-state index is 0.564. The Kier molecular flexibility index (Phi) is 4.36. The molecule has 4 heteroatoms. The van der Waals surface area contributed by atoms with E-state index in [-0.39, 0.29) is 0 Å². The van der Waals surface area contributed by atoms with Crippen molar-refractivity contribution >= 4 is 0 Å². The topological polar surface area (TPSA) is 33.7 Å². The molecule has 2 heterocycles. The Balaban J connectivity index is 1.67. The normalized spacial score (nSPS) is 21.6. The summed E-state index contributed by atoms with van der Waals surface area (Å²) in [5, 5.41) is 3.48. The van der Waals surface area contributed by atoms with Crippen LogP contribution in [0.25, 0.3) is 0 Å². The first-order chi connectivity index (χ1) is 10.2. The summed E-state index contributed by atoms with van der Waals surface area (Å²) in [4.78, 5) is 2.58. The molecule has 116 valence electrons. The summed E-state index contributed by atoms with van der Waals surface area (Å²) in [6.45, 7) is 5.79. The van der Waals surface area contributed by atoms with E-state index in [2.05, 4.69) is 22.3 Å². The van der Waals surface area contributed by atoms with Crippen molar-refractivity contribution < 1.29 is 9.47 Å². The zero-order valence-corrected chi connectivity index (χ0v) is 13.2. The molecule has 1 spiro atoms. The number of likely N-dealkylation sites (tertiary alicyclic amines) is 1. The van der Waals surface area contributed by atoms with Crippen molar-refractivity contribution in [2.75, 3.05) is 40.4 Å². The summed E-state index contributed by atoms with van der Waals surface area (Å²) in [5.74, 6) is 1.75. The first-order valence-electron chi connectivity index (χ1n) is 7.88. The third-order valence-electron chi connectivity index (χ3n) is 5.00. The fraction of sp³-hybridized carbons (Fsp3) is 0.647. The summed E-state index contributed by atoms with van der Waals surface area (Å²) < 4.78 is 10.7. The molecule has 3 rings (SSSR count). The molecule has 1 aromatic carbocycles. The Bertz CT molecular complexity index is 461. The van der Waals surface area contributed by atoms with Crippen molar-refractivity contribution in [2.45, 2.75) is 25.8 Å². The summed E-state index contributed by atoms with van der Waals surface area (Å²) >= 11 is 0. The molecule has 1 aromatic rings. The van der Waals surface area contributed by atoms with E-state index in [0.29, 0.717) is 5.41 Å². The summed E-state index contributed by atoms with van der Waals surface area (Å²) in [6.07, 6.45) is 3.99. The second kappa shape index (κ2) is 6.24. The van der Waals surface area contributed by atoms with Crippen molar-refractivity contribution in [3.8, 4) is 11.5 Å². The minimum atomic E-state index is 0.564. The largest absolute Gasteiger partial charge is 0.497 e. The highest BCUT2D eigenvalue weighted by atomic mass is 16.5. The van der Waals surface area contributed by atoms with E-state index in [1.54, 1.807) is 14.2 Å². The fourth-order valence-corrected chi connectivity index (χ4v) is 3.74. The van der Waals surface area contributed by atoms with Gasteiger partial charge in [0.05, 0.1) is 14.2 Å². The molecule has 0 aromatic heterocycles. The second-order valence-corrected chi connectivity index (χ2v) is 6.43. The number of hydrogen-bond donors (Lipinski definition) is 1. The Morgan fingerprint density at radius 1 is 1.05 bits per heavy atom. The van der Waals surface area contributed by atoms with Gasteiger partial charge in [-0.2, -0.15) is 0 Å². The van der Waals surface area contributed by atoms with E-state index < -0.39 is 0 Å². The monoisotopic (exact) mass is 290 g/mol. The average molecular weight is 290 g/mol. The molecule has 2 aliphatic heterocycles. The molecule has 4 nitrogen and oxygen atoms in total. The SMILES string of the molecule is COc1cc(CN2CCC3(CCNCC3)C2)cc(OC)c1. The maximum absolute atomic E-state index is 5.36. The van der Waals surface area contributed by atoms with Crippen LogP contribution < -0.4 is 14.8 Å². The quantitative estimate of drug-likeness (QED) is 0.922. The molecule has 0 saturated carbocycles. The molecular weight excluding hydrogens is 264 g/mol. The van der Waals surface area contributed by atoms with Crippen molar-refractivity contribution in [1.82, 2.24) is 10.2 Å². The van der Waals surface area contributed by atoms with Crippen molar-refractivity contribution in [3.63, 3.8) is 0 Å². The molecular formula is C17H26N2O2. The summed E-state index contributed by atoms with van der Waals surface area (Å²) in [6, 6.07) is 6.17. The molecule has 0 atom stereocenters. The molecule has 0 radical (unpaired) electrons. The standard InChI is InChI=1S/C17H26N2O2/c1-20-15-9-14(10-16(11-15)21-2)12-19-8-5-17(13-19)3-6-18-7-4-17/h9-11,18H,3-8,12-13H2,1-2H3. The van der Waals surface area contributed by atoms with Gasteiger partial charge < -0.3 is 14.8 Å². The van der Waals surface area contributed by atoms with Gasteiger partial charge in [0.1, 0.15) is 11.5 Å². The van der Waals surface area contributed by atoms with Crippen molar-refractivity contribution in [2.24, 2.45) is 5.41 Å². The van der Waals surface area contributed by atoms with Crippen LogP contribution in [0.3, 0.4) is 0 Å². The van der Waals surface area contributed by atoms with Crippen LogP contribution in [0, 0.1) is 5.41 Å². The van der Waals surface area contributed by atoms with Gasteiger partial charge in [-0.3, -0.25) is 4.90 Å². The van der Waals surface area contributed by atoms with Crippen LogP contribution in [0.4, 0.5) is 0 Å². The molecule has 0 unspecified atom stereocenters. The Hall–Kier alpha value is -1.26. The van der Waals surface area contributed by atoms with Gasteiger partial charge in [-0.05, 0) is 62.0 Å². The van der Waals surface area contributed by atoms with Crippen molar-refractivity contribution in [3.05, 3.63) is 23.8 Å². The highest BCUT2D eigenvalue weighted by Crippen LogP contribution is 2.39. The van der Waals surface area contributed by atoms with Crippen LogP contribution in [0.5, 0.6) is 11.5 Å². The average Bonchev–Trinajstić information content (AvgIpc) is 2.89. The Morgan fingerprint density at radius 2 is 1.71 bits per heavy atom. The van der Waals surface area contributed by atoms with Crippen LogP contribution >= 0.6 is 0 Å². The van der Waals surface area contributed by atoms with Gasteiger partial charge in [-0.25, -0.2) is 0 Å². The van der Waals surface area contributed by atoms with Gasteiger partial charge in [0.25, 0.3) is 0 Å². The number of nitrogens with one attached hydrogen (secondary N) is 1. The van der Waals surface area contributed by atoms with E-state index in [4.69, 9.17) is 9.47 Å². The number of methoxy groups -OCH3 is 2. The highest BCUT2D eigenvalue weighted by molar-refractivity contribution is 5.38. The molecule has 1 N–H and O–H groups in total. The smallest absolute Gasteiger partial charge is 0.122 e. The number of rotatable bonds is 4. The molecule has 2 fully saturated rings. The van der Waals surface area contributed by atoms with E-state index in [1.807, 2.05) is 6.07 Å². The maximum Gasteiger partial charge on any atom is 0.122 e. The lowest BCUT2D eigenvalue weighted by Crippen LogP contribution is -2.38. The lowest BCUT2D eigenvalue weighted by molar-refractivity contribution is 0.194. The zero-order chi connectivity index (χ0) is 14.7. The second-order valence-electron chi connectivity index (χ2n) is 6.43. The zero-order valence-electron chi connectivity index (χ0n) is 13.2. The first-order valence-corrected chi connectivity index (χ1v) is 7.88. The van der Waals surface area contributed by atoms with Gasteiger partial charge in [-0.15, -0.1) is 0 Å². The van der Waals surface area contributed by atoms with E-state index >= 15 is 0 Å². The Morgan fingerprint density at radius 3 is 2.33 bits per heavy atom. The van der Waals surface area contributed by atoms with Crippen LogP contribution in [0.2, 0.25) is 0 Å². The van der Waals surface area contributed by atoms with Crippen LogP contribution in [0.1, 0.15) is 24.8 Å². The predicted octanol–water partition coefficient (Wildman–Crippen LogP) is 2.28. The predicted molar refractivity (Wildman–Crippen MR) is 84.0 cm³/mol. The lowest BCUT2D eigenvalue weighted by atomic mass is 9.78. The van der Waals surface area contributed by atoms with Gasteiger partial charge in [0.15, 0.2) is 0 Å².